The molecule has 0 N–H and O–H groups in total. The number of alkyl halides is 2. The Labute approximate surface area is 148 Å². The van der Waals surface area contributed by atoms with Gasteiger partial charge in [0.2, 0.25) is 5.88 Å². The lowest BCUT2D eigenvalue weighted by Gasteiger charge is -2.12. The number of carbonyl (C=O) groups is 1. The van der Waals surface area contributed by atoms with Crippen LogP contribution in [0.4, 0.5) is 8.78 Å². The Morgan fingerprint density at radius 1 is 1.27 bits per heavy atom. The maximum Gasteiger partial charge on any atom is 0.387 e. The quantitative estimate of drug-likeness (QED) is 0.605. The predicted octanol–water partition coefficient (Wildman–Crippen LogP) is 3.42. The molecule has 0 fully saturated rings. The molecule has 0 amide bonds. The van der Waals surface area contributed by atoms with Gasteiger partial charge in [0, 0.05) is 18.0 Å². The molecule has 0 atom stereocenters. The molecule has 2 heterocycles. The summed E-state index contributed by atoms with van der Waals surface area (Å²) in [6, 6.07) is 8.14. The van der Waals surface area contributed by atoms with Gasteiger partial charge in [0.05, 0.1) is 25.4 Å². The van der Waals surface area contributed by atoms with E-state index in [9.17, 15) is 13.6 Å². The molecule has 0 aliphatic heterocycles. The molecule has 0 saturated carbocycles. The van der Waals surface area contributed by atoms with E-state index in [0.29, 0.717) is 29.1 Å². The van der Waals surface area contributed by atoms with E-state index < -0.39 is 6.61 Å². The van der Waals surface area contributed by atoms with Crippen LogP contribution < -0.4 is 9.47 Å². The van der Waals surface area contributed by atoms with Gasteiger partial charge in [-0.3, -0.25) is 9.48 Å². The van der Waals surface area contributed by atoms with Crippen LogP contribution in [0, 0.1) is 0 Å². The van der Waals surface area contributed by atoms with Gasteiger partial charge in [-0.2, -0.15) is 13.9 Å². The summed E-state index contributed by atoms with van der Waals surface area (Å²) >= 11 is 0. The second-order valence-corrected chi connectivity index (χ2v) is 5.40. The molecule has 26 heavy (non-hydrogen) atoms. The summed E-state index contributed by atoms with van der Waals surface area (Å²) in [5.74, 6) is 0.407. The van der Waals surface area contributed by atoms with Crippen LogP contribution in [-0.2, 0) is 6.54 Å². The predicted molar refractivity (Wildman–Crippen MR) is 89.6 cm³/mol. The van der Waals surface area contributed by atoms with Crippen LogP contribution in [0.1, 0.15) is 15.9 Å². The monoisotopic (exact) mass is 359 g/mol. The van der Waals surface area contributed by atoms with Gasteiger partial charge >= 0.3 is 6.61 Å². The van der Waals surface area contributed by atoms with E-state index in [-0.39, 0.29) is 5.75 Å². The molecule has 134 valence electrons. The minimum absolute atomic E-state index is 0.0488. The summed E-state index contributed by atoms with van der Waals surface area (Å²) in [6.07, 6.45) is 5.43. The molecular weight excluding hydrogens is 344 g/mol. The number of ether oxygens (including phenoxy) is 2. The van der Waals surface area contributed by atoms with Crippen molar-refractivity contribution in [2.24, 2.45) is 0 Å². The fraction of sp³-hybridized carbons (Fsp3) is 0.167. The average Bonchev–Trinajstić information content (AvgIpc) is 3.09. The number of methoxy groups -OCH3 is 1. The van der Waals surface area contributed by atoms with Gasteiger partial charge in [0.15, 0.2) is 6.29 Å². The third kappa shape index (κ3) is 4.02. The summed E-state index contributed by atoms with van der Waals surface area (Å²) in [5, 5.41) is 4.10. The molecule has 2 aromatic heterocycles. The van der Waals surface area contributed by atoms with E-state index in [1.54, 1.807) is 29.2 Å². The third-order valence-corrected chi connectivity index (χ3v) is 3.61. The zero-order chi connectivity index (χ0) is 18.5. The van der Waals surface area contributed by atoms with Gasteiger partial charge in [-0.25, -0.2) is 4.98 Å². The molecule has 1 aromatic carbocycles. The van der Waals surface area contributed by atoms with E-state index in [0.717, 1.165) is 11.8 Å². The van der Waals surface area contributed by atoms with E-state index >= 15 is 0 Å². The van der Waals surface area contributed by atoms with E-state index in [4.69, 9.17) is 4.74 Å². The lowest BCUT2D eigenvalue weighted by molar-refractivity contribution is -0.0498. The van der Waals surface area contributed by atoms with Crippen molar-refractivity contribution in [2.75, 3.05) is 7.11 Å². The molecule has 8 heteroatoms. The van der Waals surface area contributed by atoms with Crippen LogP contribution in [0.25, 0.3) is 11.1 Å². The normalized spacial score (nSPS) is 10.8. The van der Waals surface area contributed by atoms with Crippen molar-refractivity contribution in [2.45, 2.75) is 13.2 Å². The number of pyridine rings is 1. The number of benzene rings is 1. The van der Waals surface area contributed by atoms with Gasteiger partial charge in [-0.1, -0.05) is 12.1 Å². The number of aromatic nitrogens is 3. The Morgan fingerprint density at radius 2 is 2.12 bits per heavy atom. The van der Waals surface area contributed by atoms with E-state index in [1.807, 2.05) is 6.07 Å². The number of carbonyl (C=O) groups excluding carboxylic acids is 1. The third-order valence-electron chi connectivity index (χ3n) is 3.61. The Hall–Kier alpha value is -3.29. The second kappa shape index (κ2) is 7.73. The van der Waals surface area contributed by atoms with Crippen molar-refractivity contribution in [3.8, 4) is 22.8 Å². The first kappa shape index (κ1) is 17.5. The van der Waals surface area contributed by atoms with Gasteiger partial charge in [-0.15, -0.1) is 0 Å². The highest BCUT2D eigenvalue weighted by molar-refractivity contribution is 5.73. The van der Waals surface area contributed by atoms with E-state index in [1.165, 1.54) is 25.4 Å². The Morgan fingerprint density at radius 3 is 2.81 bits per heavy atom. The van der Waals surface area contributed by atoms with Crippen molar-refractivity contribution in [1.29, 1.82) is 0 Å². The zero-order valence-electron chi connectivity index (χ0n) is 13.8. The van der Waals surface area contributed by atoms with Crippen LogP contribution in [0.2, 0.25) is 0 Å². The number of rotatable bonds is 7. The first-order chi connectivity index (χ1) is 12.6. The molecule has 0 saturated heterocycles. The Kier molecular flexibility index (Phi) is 5.21. The highest BCUT2D eigenvalue weighted by Crippen LogP contribution is 2.31. The van der Waals surface area contributed by atoms with Crippen LogP contribution in [0.15, 0.2) is 48.9 Å². The highest BCUT2D eigenvalue weighted by atomic mass is 19.3. The van der Waals surface area contributed by atoms with Crippen LogP contribution in [0.3, 0.4) is 0 Å². The fourth-order valence-corrected chi connectivity index (χ4v) is 2.51. The van der Waals surface area contributed by atoms with Crippen molar-refractivity contribution in [1.82, 2.24) is 14.8 Å². The van der Waals surface area contributed by atoms with Gasteiger partial charge in [0.1, 0.15) is 5.75 Å². The van der Waals surface area contributed by atoms with Gasteiger partial charge in [-0.05, 0) is 29.3 Å². The average molecular weight is 359 g/mol. The van der Waals surface area contributed by atoms with Gasteiger partial charge in [0.25, 0.3) is 0 Å². The van der Waals surface area contributed by atoms with E-state index in [2.05, 4.69) is 14.8 Å². The van der Waals surface area contributed by atoms with Crippen molar-refractivity contribution >= 4 is 6.29 Å². The minimum Gasteiger partial charge on any atom is -0.481 e. The molecule has 0 aliphatic rings. The lowest BCUT2D eigenvalue weighted by atomic mass is 10.0. The maximum absolute atomic E-state index is 12.4. The van der Waals surface area contributed by atoms with Crippen LogP contribution >= 0.6 is 0 Å². The number of hydrogen-bond acceptors (Lipinski definition) is 5. The highest BCUT2D eigenvalue weighted by Gasteiger charge is 2.12. The molecule has 3 rings (SSSR count). The Bertz CT molecular complexity index is 912. The number of hydrogen-bond donors (Lipinski definition) is 0. The zero-order valence-corrected chi connectivity index (χ0v) is 13.8. The molecule has 0 unspecified atom stereocenters. The summed E-state index contributed by atoms with van der Waals surface area (Å²) in [6.45, 7) is -2.51. The topological polar surface area (TPSA) is 66.2 Å². The molecule has 0 aliphatic carbocycles. The van der Waals surface area contributed by atoms with Crippen LogP contribution in [-0.4, -0.2) is 34.8 Å². The standard InChI is InChI=1S/C18H15F2N3O3/c1-25-17-16(14-3-2-4-15(6-14)26-18(19)20)5-12(7-21-17)9-23-10-13(11-24)8-22-23/h2-8,10-11,18H,9H2,1H3. The summed E-state index contributed by atoms with van der Waals surface area (Å²) in [4.78, 5) is 15.0. The molecule has 0 bridgehead atoms. The minimum atomic E-state index is -2.90. The smallest absolute Gasteiger partial charge is 0.387 e. The number of halogens is 2. The van der Waals surface area contributed by atoms with Gasteiger partial charge < -0.3 is 9.47 Å². The first-order valence-electron chi connectivity index (χ1n) is 7.65. The lowest BCUT2D eigenvalue weighted by Crippen LogP contribution is -2.03. The summed E-state index contributed by atoms with van der Waals surface area (Å²) in [7, 11) is 1.48. The first-order valence-corrected chi connectivity index (χ1v) is 7.65. The fourth-order valence-electron chi connectivity index (χ4n) is 2.51. The Balaban J connectivity index is 1.93. The molecule has 0 radical (unpaired) electrons. The number of nitrogens with zero attached hydrogens (tertiary/aromatic N) is 3. The van der Waals surface area contributed by atoms with Crippen molar-refractivity contribution in [3.63, 3.8) is 0 Å². The van der Waals surface area contributed by atoms with Crippen molar-refractivity contribution in [3.05, 3.63) is 60.0 Å². The molecule has 6 nitrogen and oxygen atoms in total. The van der Waals surface area contributed by atoms with Crippen molar-refractivity contribution < 1.29 is 23.0 Å². The summed E-state index contributed by atoms with van der Waals surface area (Å²) in [5.41, 5.74) is 2.54. The maximum atomic E-state index is 12.4. The van der Waals surface area contributed by atoms with Crippen LogP contribution in [0.5, 0.6) is 11.6 Å². The SMILES string of the molecule is COc1ncc(Cn2cc(C=O)cn2)cc1-c1cccc(OC(F)F)c1. The second-order valence-electron chi connectivity index (χ2n) is 5.40. The number of aldehydes is 1. The largest absolute Gasteiger partial charge is 0.481 e. The molecule has 0 spiro atoms. The molecule has 3 aromatic rings. The summed E-state index contributed by atoms with van der Waals surface area (Å²) < 4.78 is 36.2. The molecular formula is C18H15F2N3O3.